The Labute approximate surface area is 232 Å². The Balaban J connectivity index is 1.26. The smallest absolute Gasteiger partial charge is 0.321 e. The van der Waals surface area contributed by atoms with Crippen LogP contribution in [0.25, 0.3) is 10.9 Å². The maximum Gasteiger partial charge on any atom is 0.321 e. The number of aromatic nitrogens is 1. The Hall–Kier alpha value is -5.41. The van der Waals surface area contributed by atoms with Crippen molar-refractivity contribution >= 4 is 28.3 Å². The number of ether oxygens (including phenoxy) is 3. The zero-order valence-corrected chi connectivity index (χ0v) is 22.0. The van der Waals surface area contributed by atoms with Gasteiger partial charge in [0.15, 0.2) is 11.5 Å². The molecule has 0 spiro atoms. The predicted molar refractivity (Wildman–Crippen MR) is 153 cm³/mol. The minimum Gasteiger partial charge on any atom is -0.493 e. The highest BCUT2D eigenvalue weighted by atomic mass is 16.5. The van der Waals surface area contributed by atoms with Crippen LogP contribution in [0.3, 0.4) is 0 Å². The lowest BCUT2D eigenvalue weighted by molar-refractivity contribution is 0.208. The van der Waals surface area contributed by atoms with Crippen molar-refractivity contribution in [3.05, 3.63) is 78.5 Å². The van der Waals surface area contributed by atoms with Crippen LogP contribution < -0.4 is 24.4 Å². The summed E-state index contributed by atoms with van der Waals surface area (Å²) < 4.78 is 16.9. The summed E-state index contributed by atoms with van der Waals surface area (Å²) in [5.74, 6) is 4.85. The van der Waals surface area contributed by atoms with Gasteiger partial charge in [0.2, 0.25) is 0 Å². The number of carbonyl (C=O) groups excluding carboxylic acids is 1. The van der Waals surface area contributed by atoms with Crippen LogP contribution in [-0.2, 0) is 0 Å². The topological polar surface area (TPSA) is 100.0 Å². The van der Waals surface area contributed by atoms with Crippen molar-refractivity contribution < 1.29 is 19.0 Å². The fourth-order valence-corrected chi connectivity index (χ4v) is 4.57. The molecule has 1 aliphatic heterocycles. The van der Waals surface area contributed by atoms with E-state index < -0.39 is 0 Å². The largest absolute Gasteiger partial charge is 0.493 e. The Bertz CT molecular complexity index is 1590. The summed E-state index contributed by atoms with van der Waals surface area (Å²) in [7, 11) is 1.55. The number of carbonyl (C=O) groups is 1. The number of methoxy groups -OCH3 is 1. The number of hydrogen-bond acceptors (Lipinski definition) is 7. The van der Waals surface area contributed by atoms with E-state index in [9.17, 15) is 10.1 Å². The fraction of sp³-hybridized carbons (Fsp3) is 0.194. The minimum atomic E-state index is -0.187. The van der Waals surface area contributed by atoms with E-state index >= 15 is 0 Å². The molecule has 3 aromatic carbocycles. The zero-order chi connectivity index (χ0) is 27.9. The maximum absolute atomic E-state index is 13.0. The third-order valence-corrected chi connectivity index (χ3v) is 6.52. The molecule has 4 aromatic rings. The lowest BCUT2D eigenvalue weighted by atomic mass is 10.1. The molecule has 0 aliphatic carbocycles. The SMILES string of the molecule is C#CCOc1cc2ncc(C#N)c(N3CCN(C(=O)Nc4ccc(Oc5ccccc5)cc4)CC3)c2cc1OC. The van der Waals surface area contributed by atoms with Gasteiger partial charge in [-0.05, 0) is 42.5 Å². The molecule has 1 aromatic heterocycles. The third-order valence-electron chi connectivity index (χ3n) is 6.52. The average Bonchev–Trinajstić information content (AvgIpc) is 3.00. The maximum atomic E-state index is 13.0. The standard InChI is InChI=1S/C31H27N5O4/c1-3-17-39-29-19-27-26(18-28(29)38-2)30(22(20-32)21-33-27)35-13-15-36(16-14-35)31(37)34-23-9-11-25(12-10-23)40-24-7-5-4-6-8-24/h1,4-12,18-19,21H,13-17H2,2H3,(H,34,37). The second-order valence-corrected chi connectivity index (χ2v) is 8.99. The molecular formula is C31H27N5O4. The number of pyridine rings is 1. The van der Waals surface area contributed by atoms with Gasteiger partial charge in [-0.1, -0.05) is 24.1 Å². The molecule has 40 heavy (non-hydrogen) atoms. The van der Waals surface area contributed by atoms with Crippen LogP contribution in [0.5, 0.6) is 23.0 Å². The quantitative estimate of drug-likeness (QED) is 0.323. The van der Waals surface area contributed by atoms with Crippen LogP contribution in [0.4, 0.5) is 16.2 Å². The van der Waals surface area contributed by atoms with Crippen molar-refractivity contribution in [2.45, 2.75) is 0 Å². The first-order valence-electron chi connectivity index (χ1n) is 12.7. The molecule has 0 saturated carbocycles. The number of nitrogens with zero attached hydrogens (tertiary/aromatic N) is 4. The van der Waals surface area contributed by atoms with E-state index in [1.165, 1.54) is 0 Å². The van der Waals surface area contributed by atoms with Crippen LogP contribution in [0.15, 0.2) is 72.9 Å². The number of nitrogens with one attached hydrogen (secondary N) is 1. The number of para-hydroxylation sites is 1. The van der Waals surface area contributed by atoms with Gasteiger partial charge in [-0.15, -0.1) is 6.42 Å². The normalized spacial score (nSPS) is 12.8. The fourth-order valence-electron chi connectivity index (χ4n) is 4.57. The molecule has 1 saturated heterocycles. The summed E-state index contributed by atoms with van der Waals surface area (Å²) >= 11 is 0. The van der Waals surface area contributed by atoms with E-state index in [1.807, 2.05) is 60.7 Å². The van der Waals surface area contributed by atoms with E-state index in [4.69, 9.17) is 20.6 Å². The molecule has 0 bridgehead atoms. The van der Waals surface area contributed by atoms with E-state index in [-0.39, 0.29) is 12.6 Å². The van der Waals surface area contributed by atoms with Gasteiger partial charge in [-0.3, -0.25) is 4.98 Å². The minimum absolute atomic E-state index is 0.0979. The van der Waals surface area contributed by atoms with E-state index in [1.54, 1.807) is 24.3 Å². The first-order valence-corrected chi connectivity index (χ1v) is 12.7. The number of piperazine rings is 1. The molecule has 2 heterocycles. The number of rotatable bonds is 7. The summed E-state index contributed by atoms with van der Waals surface area (Å²) in [4.78, 5) is 21.3. The van der Waals surface area contributed by atoms with E-state index in [0.29, 0.717) is 60.2 Å². The zero-order valence-electron chi connectivity index (χ0n) is 22.0. The summed E-state index contributed by atoms with van der Waals surface area (Å²) in [6.45, 7) is 2.15. The summed E-state index contributed by atoms with van der Waals surface area (Å²) in [6.07, 6.45) is 6.89. The Kier molecular flexibility index (Phi) is 7.84. The number of anilines is 2. The van der Waals surface area contributed by atoms with Gasteiger partial charge in [0.25, 0.3) is 0 Å². The van der Waals surface area contributed by atoms with Crippen molar-refractivity contribution in [1.82, 2.24) is 9.88 Å². The lowest BCUT2D eigenvalue weighted by Crippen LogP contribution is -2.50. The van der Waals surface area contributed by atoms with Crippen molar-refractivity contribution in [2.24, 2.45) is 0 Å². The van der Waals surface area contributed by atoms with Crippen molar-refractivity contribution in [3.63, 3.8) is 0 Å². The van der Waals surface area contributed by atoms with Crippen molar-refractivity contribution in [1.29, 1.82) is 5.26 Å². The first-order chi connectivity index (χ1) is 19.6. The predicted octanol–water partition coefficient (Wildman–Crippen LogP) is 5.27. The molecular weight excluding hydrogens is 506 g/mol. The monoisotopic (exact) mass is 533 g/mol. The highest BCUT2D eigenvalue weighted by Crippen LogP contribution is 2.38. The van der Waals surface area contributed by atoms with Crippen molar-refractivity contribution in [3.8, 4) is 41.4 Å². The Morgan fingerprint density at radius 2 is 1.75 bits per heavy atom. The summed E-state index contributed by atoms with van der Waals surface area (Å²) in [5.41, 5.74) is 2.53. The van der Waals surface area contributed by atoms with Gasteiger partial charge in [-0.2, -0.15) is 5.26 Å². The molecule has 5 rings (SSSR count). The van der Waals surface area contributed by atoms with Crippen LogP contribution >= 0.6 is 0 Å². The van der Waals surface area contributed by atoms with Crippen LogP contribution in [-0.4, -0.2) is 55.8 Å². The number of amides is 2. The van der Waals surface area contributed by atoms with Gasteiger partial charge in [-0.25, -0.2) is 4.79 Å². The van der Waals surface area contributed by atoms with Crippen molar-refractivity contribution in [2.75, 3.05) is 50.1 Å². The van der Waals surface area contributed by atoms with Gasteiger partial charge in [0.05, 0.1) is 23.9 Å². The third kappa shape index (κ3) is 5.69. The lowest BCUT2D eigenvalue weighted by Gasteiger charge is -2.36. The molecule has 0 radical (unpaired) electrons. The molecule has 9 nitrogen and oxygen atoms in total. The first kappa shape index (κ1) is 26.2. The second-order valence-electron chi connectivity index (χ2n) is 8.99. The van der Waals surface area contributed by atoms with Crippen LogP contribution in [0, 0.1) is 23.7 Å². The molecule has 1 fully saturated rings. The molecule has 0 atom stereocenters. The van der Waals surface area contributed by atoms with Gasteiger partial charge >= 0.3 is 6.03 Å². The molecule has 0 unspecified atom stereocenters. The van der Waals surface area contributed by atoms with Gasteiger partial charge < -0.3 is 29.3 Å². The van der Waals surface area contributed by atoms with Gasteiger partial charge in [0, 0.05) is 49.5 Å². The number of fused-ring (bicyclic) bond motifs is 1. The molecule has 1 N–H and O–H groups in total. The number of hydrogen-bond donors (Lipinski definition) is 1. The number of nitriles is 1. The number of urea groups is 1. The number of benzene rings is 3. The Morgan fingerprint density at radius 3 is 2.42 bits per heavy atom. The molecule has 200 valence electrons. The molecule has 9 heteroatoms. The number of terminal acetylenes is 1. The molecule has 1 aliphatic rings. The Morgan fingerprint density at radius 1 is 1.02 bits per heavy atom. The highest BCUT2D eigenvalue weighted by molar-refractivity contribution is 5.97. The summed E-state index contributed by atoms with van der Waals surface area (Å²) in [6, 6.07) is 22.4. The molecule has 2 amide bonds. The summed E-state index contributed by atoms with van der Waals surface area (Å²) in [5, 5.41) is 13.6. The highest BCUT2D eigenvalue weighted by Gasteiger charge is 2.25. The second kappa shape index (κ2) is 12.0. The van der Waals surface area contributed by atoms with Crippen LogP contribution in [0.1, 0.15) is 5.56 Å². The van der Waals surface area contributed by atoms with Gasteiger partial charge in [0.1, 0.15) is 24.2 Å². The average molecular weight is 534 g/mol. The van der Waals surface area contributed by atoms with Crippen LogP contribution in [0.2, 0.25) is 0 Å². The van der Waals surface area contributed by atoms with E-state index in [0.717, 1.165) is 16.8 Å². The van der Waals surface area contributed by atoms with E-state index in [2.05, 4.69) is 27.2 Å².